The fraction of sp³-hybridized carbons (Fsp3) is 0.162. The number of carbonyl (C=O) groups excluding carboxylic acids is 1. The molecule has 0 fully saturated rings. The first-order valence-electron chi connectivity index (χ1n) is 14.9. The maximum Gasteiger partial charge on any atom is 0.338 e. The van der Waals surface area contributed by atoms with E-state index in [4.69, 9.17) is 19.2 Å². The van der Waals surface area contributed by atoms with Crippen molar-refractivity contribution >= 4 is 56.8 Å². The summed E-state index contributed by atoms with van der Waals surface area (Å²) < 4.78 is 20.1. The molecule has 0 amide bonds. The Bertz CT molecular complexity index is 2130. The molecule has 47 heavy (non-hydrogen) atoms. The first-order chi connectivity index (χ1) is 22.9. The van der Waals surface area contributed by atoms with Gasteiger partial charge in [0.25, 0.3) is 5.56 Å². The number of halogens is 1. The van der Waals surface area contributed by atoms with E-state index < -0.39 is 12.0 Å². The highest BCUT2D eigenvalue weighted by Crippen LogP contribution is 2.38. The van der Waals surface area contributed by atoms with Gasteiger partial charge in [-0.05, 0) is 76.1 Å². The maximum absolute atomic E-state index is 14.3. The van der Waals surface area contributed by atoms with Crippen LogP contribution in [-0.4, -0.2) is 30.5 Å². The van der Waals surface area contributed by atoms with E-state index in [9.17, 15) is 9.59 Å². The quantitative estimate of drug-likeness (QED) is 0.114. The topological polar surface area (TPSA) is 79.1 Å². The number of methoxy groups -OCH3 is 1. The molecule has 1 aromatic heterocycles. The van der Waals surface area contributed by atoms with Crippen LogP contribution >= 0.6 is 39.0 Å². The molecule has 4 aromatic carbocycles. The van der Waals surface area contributed by atoms with E-state index in [-0.39, 0.29) is 12.2 Å². The number of hydrogen-bond donors (Lipinski definition) is 0. The summed E-state index contributed by atoms with van der Waals surface area (Å²) in [6, 6.07) is 30.3. The average molecular weight is 728 g/mol. The van der Waals surface area contributed by atoms with E-state index in [0.717, 1.165) is 27.1 Å². The molecule has 0 radical (unpaired) electrons. The van der Waals surface area contributed by atoms with Gasteiger partial charge >= 0.3 is 5.97 Å². The molecule has 10 heteroatoms. The highest BCUT2D eigenvalue weighted by atomic mass is 79.9. The van der Waals surface area contributed by atoms with Crippen molar-refractivity contribution in [2.75, 3.05) is 20.0 Å². The van der Waals surface area contributed by atoms with E-state index >= 15 is 0 Å². The molecule has 0 bridgehead atoms. The zero-order valence-corrected chi connectivity index (χ0v) is 29.2. The number of esters is 1. The van der Waals surface area contributed by atoms with Gasteiger partial charge in [0, 0.05) is 10.5 Å². The van der Waals surface area contributed by atoms with Crippen LogP contribution in [0.3, 0.4) is 0 Å². The van der Waals surface area contributed by atoms with Crippen molar-refractivity contribution in [2.24, 2.45) is 4.99 Å². The molecule has 2 heterocycles. The van der Waals surface area contributed by atoms with Crippen LogP contribution in [0.1, 0.15) is 35.2 Å². The third-order valence-corrected chi connectivity index (χ3v) is 9.90. The van der Waals surface area contributed by atoms with Crippen LogP contribution in [0.4, 0.5) is 0 Å². The molecule has 0 N–H and O–H groups in total. The van der Waals surface area contributed by atoms with Gasteiger partial charge in [0.05, 0.1) is 40.0 Å². The Labute approximate surface area is 289 Å². The lowest BCUT2D eigenvalue weighted by Crippen LogP contribution is -2.40. The highest BCUT2D eigenvalue weighted by molar-refractivity contribution is 9.10. The van der Waals surface area contributed by atoms with Gasteiger partial charge in [-0.3, -0.25) is 9.36 Å². The Hall–Kier alpha value is -4.38. The number of nitrogens with zero attached hydrogens (tertiary/aromatic N) is 2. The number of thioether (sulfide) groups is 1. The lowest BCUT2D eigenvalue weighted by atomic mass is 9.93. The average Bonchev–Trinajstić information content (AvgIpc) is 3.41. The SMILES string of the molecule is CCOC(=O)C1=C(c2ccccc2)N=c2s/c(=C\c3cc(Br)c(OCc4ccccc4)c(OC)c3)c(=O)n2[C@@H]1c1ccc(SC)cc1. The van der Waals surface area contributed by atoms with E-state index in [1.807, 2.05) is 109 Å². The number of thiazole rings is 1. The third kappa shape index (κ3) is 6.86. The van der Waals surface area contributed by atoms with Gasteiger partial charge in [0.15, 0.2) is 16.3 Å². The van der Waals surface area contributed by atoms with Gasteiger partial charge in [0.2, 0.25) is 0 Å². The van der Waals surface area contributed by atoms with Gasteiger partial charge in [-0.25, -0.2) is 9.79 Å². The summed E-state index contributed by atoms with van der Waals surface area (Å²) >= 11 is 6.53. The molecule has 6 rings (SSSR count). The molecule has 1 atom stereocenters. The number of ether oxygens (including phenoxy) is 3. The molecule has 5 aromatic rings. The summed E-state index contributed by atoms with van der Waals surface area (Å²) in [4.78, 5) is 34.5. The van der Waals surface area contributed by atoms with Crippen LogP contribution in [0.15, 0.2) is 122 Å². The Morgan fingerprint density at radius 2 is 1.72 bits per heavy atom. The largest absolute Gasteiger partial charge is 0.493 e. The van der Waals surface area contributed by atoms with Gasteiger partial charge in [0.1, 0.15) is 6.61 Å². The second-order valence-corrected chi connectivity index (χ2v) is 13.3. The first-order valence-corrected chi connectivity index (χ1v) is 17.7. The van der Waals surface area contributed by atoms with Crippen molar-refractivity contribution in [3.63, 3.8) is 0 Å². The number of aromatic nitrogens is 1. The Balaban J connectivity index is 1.50. The van der Waals surface area contributed by atoms with Crippen molar-refractivity contribution in [2.45, 2.75) is 24.5 Å². The molecule has 7 nitrogen and oxygen atoms in total. The lowest BCUT2D eigenvalue weighted by Gasteiger charge is -2.26. The van der Waals surface area contributed by atoms with E-state index in [2.05, 4.69) is 15.9 Å². The highest BCUT2D eigenvalue weighted by Gasteiger charge is 2.35. The van der Waals surface area contributed by atoms with E-state index in [1.54, 1.807) is 30.4 Å². The lowest BCUT2D eigenvalue weighted by molar-refractivity contribution is -0.138. The van der Waals surface area contributed by atoms with Gasteiger partial charge in [-0.15, -0.1) is 11.8 Å². The normalized spacial score (nSPS) is 14.4. The standard InChI is InChI=1S/C37H31BrN2O5S2/c1-4-44-36(42)31-32(25-13-9-6-10-14-25)39-37-40(33(31)26-15-17-27(46-3)18-16-26)35(41)30(47-37)21-24-19-28(38)34(29(20-24)43-2)45-22-23-11-7-5-8-12-23/h5-21,33H,4,22H2,1-3H3/b30-21-/t33-/m1/s1. The van der Waals surface area contributed by atoms with Crippen LogP contribution in [0.2, 0.25) is 0 Å². The van der Waals surface area contributed by atoms with Crippen molar-refractivity contribution in [1.82, 2.24) is 4.57 Å². The Morgan fingerprint density at radius 3 is 2.38 bits per heavy atom. The van der Waals surface area contributed by atoms with Crippen LogP contribution in [-0.2, 0) is 16.1 Å². The van der Waals surface area contributed by atoms with Gasteiger partial charge in [-0.1, -0.05) is 84.1 Å². The zero-order chi connectivity index (χ0) is 32.9. The number of hydrogen-bond acceptors (Lipinski definition) is 8. The summed E-state index contributed by atoms with van der Waals surface area (Å²) in [5, 5.41) is 0. The monoisotopic (exact) mass is 726 g/mol. The fourth-order valence-corrected chi connectivity index (χ4v) is 7.37. The molecule has 1 aliphatic heterocycles. The molecule has 0 unspecified atom stereocenters. The molecule has 0 saturated carbocycles. The summed E-state index contributed by atoms with van der Waals surface area (Å²) in [7, 11) is 1.58. The minimum atomic E-state index is -0.742. The second kappa shape index (κ2) is 14.6. The number of benzene rings is 4. The van der Waals surface area contributed by atoms with Crippen LogP contribution < -0.4 is 24.4 Å². The molecule has 238 valence electrons. The summed E-state index contributed by atoms with van der Waals surface area (Å²) in [6.45, 7) is 2.33. The molecule has 0 saturated heterocycles. The van der Waals surface area contributed by atoms with E-state index in [0.29, 0.717) is 43.2 Å². The number of carbonyl (C=O) groups is 1. The summed E-state index contributed by atoms with van der Waals surface area (Å²) in [5.41, 5.74) is 3.85. The molecule has 1 aliphatic rings. The smallest absolute Gasteiger partial charge is 0.338 e. The van der Waals surface area contributed by atoms with Crippen molar-refractivity contribution in [3.05, 3.63) is 149 Å². The fourth-order valence-electron chi connectivity index (χ4n) is 5.39. The molecule has 0 spiro atoms. The van der Waals surface area contributed by atoms with Crippen LogP contribution in [0.5, 0.6) is 11.5 Å². The van der Waals surface area contributed by atoms with Gasteiger partial charge < -0.3 is 14.2 Å². The summed E-state index contributed by atoms with van der Waals surface area (Å²) in [6.07, 6.45) is 3.81. The molecule has 0 aliphatic carbocycles. The van der Waals surface area contributed by atoms with Crippen LogP contribution in [0, 0.1) is 0 Å². The minimum absolute atomic E-state index is 0.189. The number of fused-ring (bicyclic) bond motifs is 1. The Kier molecular flexibility index (Phi) is 10.1. The Morgan fingerprint density at radius 1 is 1.02 bits per heavy atom. The van der Waals surface area contributed by atoms with E-state index in [1.165, 1.54) is 11.3 Å². The maximum atomic E-state index is 14.3. The predicted octanol–water partition coefficient (Wildman–Crippen LogP) is 7.01. The van der Waals surface area contributed by atoms with Gasteiger partial charge in [-0.2, -0.15) is 0 Å². The second-order valence-electron chi connectivity index (χ2n) is 10.5. The molecular formula is C37H31BrN2O5S2. The zero-order valence-electron chi connectivity index (χ0n) is 25.9. The minimum Gasteiger partial charge on any atom is -0.493 e. The first kappa shape index (κ1) is 32.6. The van der Waals surface area contributed by atoms with Crippen molar-refractivity contribution in [1.29, 1.82) is 0 Å². The van der Waals surface area contributed by atoms with Crippen molar-refractivity contribution in [3.8, 4) is 11.5 Å². The van der Waals surface area contributed by atoms with Crippen molar-refractivity contribution < 1.29 is 19.0 Å². The third-order valence-electron chi connectivity index (χ3n) is 7.58. The predicted molar refractivity (Wildman–Crippen MR) is 191 cm³/mol. The van der Waals surface area contributed by atoms with Crippen LogP contribution in [0.25, 0.3) is 11.8 Å². The molecular weight excluding hydrogens is 696 g/mol. The number of rotatable bonds is 10. The summed E-state index contributed by atoms with van der Waals surface area (Å²) in [5.74, 6) is 0.579.